The maximum absolute atomic E-state index is 12.8. The van der Waals surface area contributed by atoms with Gasteiger partial charge >= 0.3 is 0 Å². The van der Waals surface area contributed by atoms with Gasteiger partial charge in [0, 0.05) is 24.5 Å². The van der Waals surface area contributed by atoms with E-state index in [1.807, 2.05) is 0 Å². The first-order chi connectivity index (χ1) is 6.07. The second kappa shape index (κ2) is 2.87. The second-order valence-corrected chi connectivity index (χ2v) is 3.88. The van der Waals surface area contributed by atoms with E-state index in [2.05, 4.69) is 9.36 Å². The lowest BCUT2D eigenvalue weighted by atomic mass is 10.3. The number of hydrogen-bond acceptors (Lipinski definition) is 4. The van der Waals surface area contributed by atoms with Gasteiger partial charge in [0.25, 0.3) is 5.92 Å². The number of hydrogen-bond donors (Lipinski definition) is 0. The van der Waals surface area contributed by atoms with E-state index in [1.54, 1.807) is 11.8 Å². The lowest BCUT2D eigenvalue weighted by molar-refractivity contribution is 0.0257. The van der Waals surface area contributed by atoms with E-state index in [-0.39, 0.29) is 13.0 Å². The molecule has 1 saturated heterocycles. The van der Waals surface area contributed by atoms with Gasteiger partial charge in [0.2, 0.25) is 5.13 Å². The summed E-state index contributed by atoms with van der Waals surface area (Å²) in [7, 11) is 0. The first-order valence-corrected chi connectivity index (χ1v) is 4.77. The van der Waals surface area contributed by atoms with Crippen LogP contribution in [0.2, 0.25) is 0 Å². The van der Waals surface area contributed by atoms with Crippen LogP contribution in [0.15, 0.2) is 0 Å². The van der Waals surface area contributed by atoms with E-state index in [0.29, 0.717) is 17.5 Å². The highest BCUT2D eigenvalue weighted by Gasteiger charge is 2.39. The molecular formula is C7H9F2N3S. The van der Waals surface area contributed by atoms with Crippen LogP contribution in [-0.2, 0) is 0 Å². The van der Waals surface area contributed by atoms with Crippen molar-refractivity contribution in [3.8, 4) is 0 Å². The quantitative estimate of drug-likeness (QED) is 0.698. The average Bonchev–Trinajstić information content (AvgIpc) is 2.56. The summed E-state index contributed by atoms with van der Waals surface area (Å²) in [5, 5.41) is 0.606. The van der Waals surface area contributed by atoms with E-state index in [1.165, 1.54) is 11.5 Å². The summed E-state index contributed by atoms with van der Waals surface area (Å²) in [5.41, 5.74) is 0. The summed E-state index contributed by atoms with van der Waals surface area (Å²) >= 11 is 1.18. The Hall–Kier alpha value is -0.780. The highest BCUT2D eigenvalue weighted by Crippen LogP contribution is 2.31. The maximum Gasteiger partial charge on any atom is 0.267 e. The Morgan fingerprint density at radius 2 is 2.31 bits per heavy atom. The molecule has 6 heteroatoms. The van der Waals surface area contributed by atoms with E-state index in [9.17, 15) is 8.78 Å². The summed E-state index contributed by atoms with van der Waals surface area (Å²) in [4.78, 5) is 5.65. The zero-order chi connectivity index (χ0) is 9.47. The third-order valence-electron chi connectivity index (χ3n) is 1.96. The number of alkyl halides is 2. The van der Waals surface area contributed by atoms with Gasteiger partial charge in [0.15, 0.2) is 0 Å². The smallest absolute Gasteiger partial charge is 0.267 e. The zero-order valence-electron chi connectivity index (χ0n) is 7.13. The molecule has 0 saturated carbocycles. The van der Waals surface area contributed by atoms with Crippen LogP contribution in [-0.4, -0.2) is 28.4 Å². The van der Waals surface area contributed by atoms with Crippen LogP contribution >= 0.6 is 11.5 Å². The van der Waals surface area contributed by atoms with E-state index in [4.69, 9.17) is 0 Å². The van der Waals surface area contributed by atoms with Crippen LogP contribution in [0, 0.1) is 6.92 Å². The van der Waals surface area contributed by atoms with Crippen molar-refractivity contribution in [3.05, 3.63) is 5.82 Å². The van der Waals surface area contributed by atoms with Gasteiger partial charge in [-0.25, -0.2) is 13.8 Å². The fraction of sp³-hybridized carbons (Fsp3) is 0.714. The van der Waals surface area contributed by atoms with Gasteiger partial charge in [0.05, 0.1) is 6.54 Å². The van der Waals surface area contributed by atoms with Gasteiger partial charge in [0.1, 0.15) is 5.82 Å². The Morgan fingerprint density at radius 3 is 2.77 bits per heavy atom. The molecule has 0 N–H and O–H groups in total. The minimum Gasteiger partial charge on any atom is -0.341 e. The molecule has 1 fully saturated rings. The third kappa shape index (κ3) is 1.77. The number of rotatable bonds is 1. The molecule has 0 aliphatic carbocycles. The Morgan fingerprint density at radius 1 is 1.54 bits per heavy atom. The Bertz CT molecular complexity index is 312. The summed E-state index contributed by atoms with van der Waals surface area (Å²) in [6, 6.07) is 0. The van der Waals surface area contributed by atoms with Crippen molar-refractivity contribution in [3.63, 3.8) is 0 Å². The fourth-order valence-corrected chi connectivity index (χ4v) is 2.01. The number of aromatic nitrogens is 2. The highest BCUT2D eigenvalue weighted by atomic mass is 32.1. The molecule has 0 spiro atoms. The molecule has 13 heavy (non-hydrogen) atoms. The second-order valence-electron chi connectivity index (χ2n) is 3.15. The van der Waals surface area contributed by atoms with E-state index >= 15 is 0 Å². The van der Waals surface area contributed by atoms with Gasteiger partial charge in [-0.05, 0) is 6.92 Å². The number of anilines is 1. The summed E-state index contributed by atoms with van der Waals surface area (Å²) in [6.45, 7) is 1.91. The van der Waals surface area contributed by atoms with Gasteiger partial charge < -0.3 is 4.90 Å². The molecule has 3 nitrogen and oxygen atoms in total. The lowest BCUT2D eigenvalue weighted by Gasteiger charge is -2.12. The first-order valence-electron chi connectivity index (χ1n) is 4.00. The molecule has 0 bridgehead atoms. The van der Waals surface area contributed by atoms with Gasteiger partial charge in [-0.2, -0.15) is 4.37 Å². The first kappa shape index (κ1) is 8.80. The van der Waals surface area contributed by atoms with Crippen molar-refractivity contribution in [2.45, 2.75) is 19.3 Å². The Labute approximate surface area is 78.6 Å². The van der Waals surface area contributed by atoms with Crippen molar-refractivity contribution in [2.24, 2.45) is 0 Å². The van der Waals surface area contributed by atoms with Crippen molar-refractivity contribution in [1.29, 1.82) is 0 Å². The highest BCUT2D eigenvalue weighted by molar-refractivity contribution is 7.09. The molecule has 0 radical (unpaired) electrons. The molecule has 1 aliphatic rings. The zero-order valence-corrected chi connectivity index (χ0v) is 7.94. The summed E-state index contributed by atoms with van der Waals surface area (Å²) < 4.78 is 29.6. The Kier molecular flexibility index (Phi) is 1.94. The third-order valence-corrected chi connectivity index (χ3v) is 2.83. The summed E-state index contributed by atoms with van der Waals surface area (Å²) in [6.07, 6.45) is -0.0778. The molecule has 2 rings (SSSR count). The number of nitrogens with zero attached hydrogens (tertiary/aromatic N) is 3. The lowest BCUT2D eigenvalue weighted by Crippen LogP contribution is -2.24. The summed E-state index contributed by atoms with van der Waals surface area (Å²) in [5.74, 6) is -1.91. The fourth-order valence-electron chi connectivity index (χ4n) is 1.31. The van der Waals surface area contributed by atoms with Crippen LogP contribution in [0.25, 0.3) is 0 Å². The van der Waals surface area contributed by atoms with Crippen molar-refractivity contribution < 1.29 is 8.78 Å². The Balaban J connectivity index is 2.12. The molecule has 2 heterocycles. The molecule has 0 unspecified atom stereocenters. The van der Waals surface area contributed by atoms with Crippen LogP contribution in [0.3, 0.4) is 0 Å². The predicted molar refractivity (Wildman–Crippen MR) is 46.4 cm³/mol. The van der Waals surface area contributed by atoms with Gasteiger partial charge in [-0.3, -0.25) is 0 Å². The van der Waals surface area contributed by atoms with E-state index < -0.39 is 5.92 Å². The maximum atomic E-state index is 12.8. The molecule has 0 aromatic carbocycles. The van der Waals surface area contributed by atoms with Crippen molar-refractivity contribution in [1.82, 2.24) is 9.36 Å². The number of aryl methyl sites for hydroxylation is 1. The monoisotopic (exact) mass is 205 g/mol. The van der Waals surface area contributed by atoms with Gasteiger partial charge in [-0.1, -0.05) is 0 Å². The average molecular weight is 205 g/mol. The molecule has 1 aromatic rings. The molecule has 72 valence electrons. The van der Waals surface area contributed by atoms with Crippen LogP contribution in [0.4, 0.5) is 13.9 Å². The van der Waals surface area contributed by atoms with Crippen LogP contribution < -0.4 is 4.90 Å². The number of halogens is 2. The minimum absolute atomic E-state index is 0.0778. The van der Waals surface area contributed by atoms with E-state index in [0.717, 1.165) is 0 Å². The van der Waals surface area contributed by atoms with Crippen LogP contribution in [0.5, 0.6) is 0 Å². The van der Waals surface area contributed by atoms with Crippen molar-refractivity contribution >= 4 is 16.7 Å². The topological polar surface area (TPSA) is 29.0 Å². The molecular weight excluding hydrogens is 196 g/mol. The normalized spacial score (nSPS) is 21.0. The van der Waals surface area contributed by atoms with Gasteiger partial charge in [-0.15, -0.1) is 0 Å². The largest absolute Gasteiger partial charge is 0.341 e. The standard InChI is InChI=1S/C7H9F2N3S/c1-5-10-6(13-11-5)12-3-2-7(8,9)4-12/h2-4H2,1H3. The van der Waals surface area contributed by atoms with Crippen LogP contribution in [0.1, 0.15) is 12.2 Å². The molecule has 1 aromatic heterocycles. The molecule has 0 atom stereocenters. The van der Waals surface area contributed by atoms with Crippen molar-refractivity contribution in [2.75, 3.05) is 18.0 Å². The predicted octanol–water partition coefficient (Wildman–Crippen LogP) is 1.69. The molecule has 0 amide bonds. The molecule has 1 aliphatic heterocycles. The minimum atomic E-state index is -2.56. The SMILES string of the molecule is Cc1nsc(N2CCC(F)(F)C2)n1.